The molecule has 0 fully saturated rings. The largest absolute Gasteiger partial charge is 0.467 e. The molecule has 2 aromatic rings. The van der Waals surface area contributed by atoms with Gasteiger partial charge in [-0.3, -0.25) is 14.9 Å². The molecule has 1 heterocycles. The molecule has 0 aliphatic carbocycles. The van der Waals surface area contributed by atoms with Gasteiger partial charge < -0.3 is 34.7 Å². The molecule has 35 heavy (non-hydrogen) atoms. The highest BCUT2D eigenvalue weighted by molar-refractivity contribution is 5.97. The summed E-state index contributed by atoms with van der Waals surface area (Å²) < 4.78 is 14.9. The number of aromatic nitrogens is 1. The Balaban J connectivity index is 2.02. The smallest absolute Gasteiger partial charge is 0.412 e. The van der Waals surface area contributed by atoms with E-state index in [1.807, 2.05) is 0 Å². The van der Waals surface area contributed by atoms with Crippen LogP contribution in [0.1, 0.15) is 31.3 Å². The molecule has 0 radical (unpaired) electrons. The number of oxazole rings is 1. The van der Waals surface area contributed by atoms with Crippen molar-refractivity contribution in [2.45, 2.75) is 38.5 Å². The molecule has 2 rings (SSSR count). The number of rotatable bonds is 9. The van der Waals surface area contributed by atoms with Crippen molar-refractivity contribution >= 4 is 29.6 Å². The molecule has 2 atom stereocenters. The number of aliphatic hydroxyl groups excluding tert-OH is 2. The number of carbonyl (C=O) groups excluding carboxylic acids is 4. The van der Waals surface area contributed by atoms with E-state index >= 15 is 0 Å². The average Bonchev–Trinajstić information content (AvgIpc) is 3.29. The molecular formula is C22H28N4O9. The van der Waals surface area contributed by atoms with Crippen LogP contribution in [-0.2, 0) is 19.1 Å². The van der Waals surface area contributed by atoms with Crippen LogP contribution in [0.3, 0.4) is 0 Å². The maximum atomic E-state index is 12.5. The molecule has 0 aliphatic rings. The summed E-state index contributed by atoms with van der Waals surface area (Å²) in [5.41, 5.74) is 0.155. The highest BCUT2D eigenvalue weighted by Crippen LogP contribution is 2.21. The van der Waals surface area contributed by atoms with E-state index < -0.39 is 54.8 Å². The van der Waals surface area contributed by atoms with Crippen LogP contribution in [0.5, 0.6) is 0 Å². The molecule has 0 aliphatic heterocycles. The summed E-state index contributed by atoms with van der Waals surface area (Å²) in [6, 6.07) is 3.60. The lowest BCUT2D eigenvalue weighted by molar-refractivity contribution is -0.146. The van der Waals surface area contributed by atoms with E-state index in [0.717, 1.165) is 13.4 Å². The number of carbonyl (C=O) groups is 4. The van der Waals surface area contributed by atoms with Crippen molar-refractivity contribution in [3.8, 4) is 11.5 Å². The molecule has 0 unspecified atom stereocenters. The number of benzene rings is 1. The van der Waals surface area contributed by atoms with E-state index in [4.69, 9.17) is 9.15 Å². The Morgan fingerprint density at radius 2 is 1.66 bits per heavy atom. The fourth-order valence-corrected chi connectivity index (χ4v) is 2.65. The second kappa shape index (κ2) is 11.9. The number of ether oxygens (including phenoxy) is 2. The summed E-state index contributed by atoms with van der Waals surface area (Å²) in [7, 11) is 1.08. The highest BCUT2D eigenvalue weighted by atomic mass is 16.6. The molecule has 3 amide bonds. The quantitative estimate of drug-likeness (QED) is 0.307. The molecular weight excluding hydrogens is 464 g/mol. The molecule has 5 N–H and O–H groups in total. The zero-order chi connectivity index (χ0) is 26.2. The van der Waals surface area contributed by atoms with Gasteiger partial charge in [-0.15, -0.1) is 0 Å². The first-order valence-corrected chi connectivity index (χ1v) is 10.4. The van der Waals surface area contributed by atoms with Crippen molar-refractivity contribution in [3.63, 3.8) is 0 Å². The Kier molecular flexibility index (Phi) is 9.31. The van der Waals surface area contributed by atoms with Gasteiger partial charge in [-0.1, -0.05) is 0 Å². The van der Waals surface area contributed by atoms with Crippen LogP contribution < -0.4 is 16.0 Å². The van der Waals surface area contributed by atoms with Crippen LogP contribution in [0.25, 0.3) is 11.5 Å². The molecule has 0 spiro atoms. The normalized spacial score (nSPS) is 12.7. The minimum Gasteiger partial charge on any atom is -0.467 e. The SMILES string of the molecule is COC(=O)[C@H](CO)NC(=O)[C@H](CO)NC(=O)c1coc(-c2ccc(NC(=O)OC(C)(C)C)cc2)n1. The van der Waals surface area contributed by atoms with Crippen LogP contribution >= 0.6 is 0 Å². The van der Waals surface area contributed by atoms with Gasteiger partial charge in [0.2, 0.25) is 11.8 Å². The van der Waals surface area contributed by atoms with Gasteiger partial charge in [0.05, 0.1) is 20.3 Å². The minimum absolute atomic E-state index is 0.0926. The number of aliphatic hydroxyl groups is 2. The van der Waals surface area contributed by atoms with Gasteiger partial charge in [0, 0.05) is 11.3 Å². The Morgan fingerprint density at radius 3 is 2.20 bits per heavy atom. The van der Waals surface area contributed by atoms with Crippen LogP contribution in [0.15, 0.2) is 34.9 Å². The Bertz CT molecular complexity index is 1040. The van der Waals surface area contributed by atoms with Crippen molar-refractivity contribution in [1.29, 1.82) is 0 Å². The van der Waals surface area contributed by atoms with Gasteiger partial charge in [-0.25, -0.2) is 14.6 Å². The summed E-state index contributed by atoms with van der Waals surface area (Å²) in [6.45, 7) is 3.72. The Hall–Kier alpha value is -3.97. The van der Waals surface area contributed by atoms with E-state index in [1.165, 1.54) is 0 Å². The molecule has 1 aromatic carbocycles. The van der Waals surface area contributed by atoms with Crippen LogP contribution in [-0.4, -0.2) is 77.1 Å². The standard InChI is InChI=1S/C22H28N4O9/c1-22(2,3)35-21(32)23-13-7-5-12(6-8-13)19-26-16(11-34-19)18(30)24-14(9-27)17(29)25-15(10-28)20(31)33-4/h5-8,11,14-15,27-28H,9-10H2,1-4H3,(H,23,32)(H,24,30)(H,25,29)/t14-,15-/m0/s1. The third-order valence-corrected chi connectivity index (χ3v) is 4.30. The lowest BCUT2D eigenvalue weighted by atomic mass is 10.2. The van der Waals surface area contributed by atoms with Crippen molar-refractivity contribution in [2.75, 3.05) is 25.6 Å². The Morgan fingerprint density at radius 1 is 1.03 bits per heavy atom. The molecule has 1 aromatic heterocycles. The zero-order valence-corrected chi connectivity index (χ0v) is 19.7. The number of amides is 3. The van der Waals surface area contributed by atoms with Gasteiger partial charge in [-0.05, 0) is 45.0 Å². The van der Waals surface area contributed by atoms with Gasteiger partial charge in [0.25, 0.3) is 5.91 Å². The first kappa shape index (κ1) is 27.3. The summed E-state index contributed by atoms with van der Waals surface area (Å²) >= 11 is 0. The van der Waals surface area contributed by atoms with Crippen LogP contribution in [0, 0.1) is 0 Å². The van der Waals surface area contributed by atoms with Crippen molar-refractivity contribution in [1.82, 2.24) is 15.6 Å². The summed E-state index contributed by atoms with van der Waals surface area (Å²) in [4.78, 5) is 52.2. The van der Waals surface area contributed by atoms with E-state index in [1.54, 1.807) is 45.0 Å². The number of nitrogens with zero attached hydrogens (tertiary/aromatic N) is 1. The lowest BCUT2D eigenvalue weighted by Gasteiger charge is -2.19. The second-order valence-corrected chi connectivity index (χ2v) is 8.22. The van der Waals surface area contributed by atoms with E-state index in [-0.39, 0.29) is 11.6 Å². The monoisotopic (exact) mass is 492 g/mol. The fraction of sp³-hybridized carbons (Fsp3) is 0.409. The predicted molar refractivity (Wildman–Crippen MR) is 121 cm³/mol. The topological polar surface area (TPSA) is 189 Å². The maximum Gasteiger partial charge on any atom is 0.412 e. The number of anilines is 1. The number of esters is 1. The second-order valence-electron chi connectivity index (χ2n) is 8.22. The van der Waals surface area contributed by atoms with E-state index in [0.29, 0.717) is 11.3 Å². The number of nitrogens with one attached hydrogen (secondary N) is 3. The molecule has 190 valence electrons. The van der Waals surface area contributed by atoms with Gasteiger partial charge in [-0.2, -0.15) is 0 Å². The molecule has 13 heteroatoms. The van der Waals surface area contributed by atoms with Crippen molar-refractivity contribution in [3.05, 3.63) is 36.2 Å². The number of methoxy groups -OCH3 is 1. The molecule has 13 nitrogen and oxygen atoms in total. The minimum atomic E-state index is -1.43. The highest BCUT2D eigenvalue weighted by Gasteiger charge is 2.27. The van der Waals surface area contributed by atoms with Crippen molar-refractivity contribution in [2.24, 2.45) is 0 Å². The molecule has 0 saturated carbocycles. The predicted octanol–water partition coefficient (Wildman–Crippen LogP) is 0.429. The van der Waals surface area contributed by atoms with Crippen LogP contribution in [0.2, 0.25) is 0 Å². The third kappa shape index (κ3) is 8.08. The summed E-state index contributed by atoms with van der Waals surface area (Å²) in [5, 5.41) is 25.7. The zero-order valence-electron chi connectivity index (χ0n) is 19.7. The first-order chi connectivity index (χ1) is 16.5. The van der Waals surface area contributed by atoms with Crippen molar-refractivity contribution < 1.29 is 43.3 Å². The number of hydrogen-bond donors (Lipinski definition) is 5. The van der Waals surface area contributed by atoms with E-state index in [2.05, 4.69) is 25.7 Å². The first-order valence-electron chi connectivity index (χ1n) is 10.4. The number of hydrogen-bond acceptors (Lipinski definition) is 10. The summed E-state index contributed by atoms with van der Waals surface area (Å²) in [6.07, 6.45) is 0.453. The third-order valence-electron chi connectivity index (χ3n) is 4.30. The lowest BCUT2D eigenvalue weighted by Crippen LogP contribution is -2.54. The molecule has 0 saturated heterocycles. The van der Waals surface area contributed by atoms with Gasteiger partial charge in [0.1, 0.15) is 17.9 Å². The summed E-state index contributed by atoms with van der Waals surface area (Å²) in [5.74, 6) is -2.54. The van der Waals surface area contributed by atoms with Gasteiger partial charge in [0.15, 0.2) is 11.7 Å². The average molecular weight is 492 g/mol. The fourth-order valence-electron chi connectivity index (χ4n) is 2.65. The molecule has 0 bridgehead atoms. The Labute approximate surface area is 200 Å². The van der Waals surface area contributed by atoms with E-state index in [9.17, 15) is 29.4 Å². The maximum absolute atomic E-state index is 12.5. The van der Waals surface area contributed by atoms with Gasteiger partial charge >= 0.3 is 12.1 Å². The van der Waals surface area contributed by atoms with Crippen LogP contribution in [0.4, 0.5) is 10.5 Å².